The maximum absolute atomic E-state index is 12.2. The van der Waals surface area contributed by atoms with Crippen LogP contribution < -0.4 is 15.4 Å². The second-order valence-electron chi connectivity index (χ2n) is 6.70. The van der Waals surface area contributed by atoms with Gasteiger partial charge in [0.15, 0.2) is 12.6 Å². The van der Waals surface area contributed by atoms with Gasteiger partial charge in [-0.15, -0.1) is 24.0 Å². The summed E-state index contributed by atoms with van der Waals surface area (Å²) in [4.78, 5) is 12.8. The van der Waals surface area contributed by atoms with Crippen LogP contribution in [0.2, 0.25) is 0 Å². The van der Waals surface area contributed by atoms with E-state index in [2.05, 4.69) is 25.6 Å². The molecule has 172 valence electrons. The summed E-state index contributed by atoms with van der Waals surface area (Å²) in [5.41, 5.74) is 1.86. The molecule has 0 atom stereocenters. The van der Waals surface area contributed by atoms with Crippen LogP contribution >= 0.6 is 24.0 Å². The molecule has 3 aromatic rings. The van der Waals surface area contributed by atoms with E-state index in [-0.39, 0.29) is 29.7 Å². The van der Waals surface area contributed by atoms with Crippen molar-refractivity contribution in [2.75, 3.05) is 13.7 Å². The second kappa shape index (κ2) is 11.7. The predicted molar refractivity (Wildman–Crippen MR) is 127 cm³/mol. The van der Waals surface area contributed by atoms with Gasteiger partial charge < -0.3 is 15.4 Å². The van der Waals surface area contributed by atoms with Crippen molar-refractivity contribution in [3.63, 3.8) is 0 Å². The lowest BCUT2D eigenvalue weighted by atomic mass is 10.2. The molecule has 3 rings (SSSR count). The molecule has 11 heteroatoms. The average molecular weight is 560 g/mol. The number of aromatic nitrogens is 3. The number of benzene rings is 1. The molecule has 2 aromatic heterocycles. The van der Waals surface area contributed by atoms with E-state index in [1.807, 2.05) is 29.8 Å². The van der Waals surface area contributed by atoms with Crippen LogP contribution in [0.5, 0.6) is 5.75 Å². The average Bonchev–Trinajstić information content (AvgIpc) is 3.19. The van der Waals surface area contributed by atoms with E-state index in [0.29, 0.717) is 19.0 Å². The molecule has 0 unspecified atom stereocenters. The van der Waals surface area contributed by atoms with Crippen molar-refractivity contribution in [2.45, 2.75) is 26.2 Å². The normalized spacial score (nSPS) is 11.6. The third kappa shape index (κ3) is 7.70. The summed E-state index contributed by atoms with van der Waals surface area (Å²) in [7, 11) is 1.66. The van der Waals surface area contributed by atoms with Gasteiger partial charge in [-0.25, -0.2) is 9.97 Å². The van der Waals surface area contributed by atoms with Gasteiger partial charge in [-0.1, -0.05) is 18.2 Å². The number of alkyl halides is 3. The molecular formula is C21H24F3IN6O. The van der Waals surface area contributed by atoms with Gasteiger partial charge in [0.05, 0.1) is 0 Å². The minimum Gasteiger partial charge on any atom is -0.484 e. The van der Waals surface area contributed by atoms with Crippen LogP contribution in [-0.2, 0) is 13.1 Å². The smallest absolute Gasteiger partial charge is 0.422 e. The summed E-state index contributed by atoms with van der Waals surface area (Å²) in [6.45, 7) is 1.59. The molecule has 0 saturated heterocycles. The minimum atomic E-state index is -4.35. The number of hydrogen-bond acceptors (Lipinski definition) is 4. The first-order valence-electron chi connectivity index (χ1n) is 9.52. The number of rotatable bonds is 7. The van der Waals surface area contributed by atoms with E-state index in [0.717, 1.165) is 22.8 Å². The van der Waals surface area contributed by atoms with Crippen LogP contribution in [0, 0.1) is 6.92 Å². The lowest BCUT2D eigenvalue weighted by Gasteiger charge is -2.13. The van der Waals surface area contributed by atoms with Crippen LogP contribution in [0.1, 0.15) is 17.0 Å². The highest BCUT2D eigenvalue weighted by Gasteiger charge is 2.28. The van der Waals surface area contributed by atoms with Crippen molar-refractivity contribution in [3.8, 4) is 11.6 Å². The summed E-state index contributed by atoms with van der Waals surface area (Å²) >= 11 is 0. The molecule has 0 aliphatic carbocycles. The molecule has 0 aliphatic rings. The van der Waals surface area contributed by atoms with Gasteiger partial charge >= 0.3 is 6.18 Å². The van der Waals surface area contributed by atoms with Crippen molar-refractivity contribution in [1.82, 2.24) is 25.2 Å². The van der Waals surface area contributed by atoms with E-state index >= 15 is 0 Å². The van der Waals surface area contributed by atoms with Gasteiger partial charge in [-0.05, 0) is 36.2 Å². The zero-order valence-corrected chi connectivity index (χ0v) is 19.9. The Morgan fingerprint density at radius 1 is 1.03 bits per heavy atom. The van der Waals surface area contributed by atoms with Gasteiger partial charge in [0, 0.05) is 38.7 Å². The van der Waals surface area contributed by atoms with Crippen molar-refractivity contribution < 1.29 is 17.9 Å². The lowest BCUT2D eigenvalue weighted by Crippen LogP contribution is -2.36. The Labute approximate surface area is 201 Å². The van der Waals surface area contributed by atoms with Crippen LogP contribution in [0.25, 0.3) is 5.82 Å². The molecule has 0 aliphatic heterocycles. The van der Waals surface area contributed by atoms with E-state index in [4.69, 9.17) is 4.74 Å². The maximum atomic E-state index is 12.2. The quantitative estimate of drug-likeness (QED) is 0.260. The van der Waals surface area contributed by atoms with Crippen molar-refractivity contribution in [3.05, 3.63) is 71.9 Å². The summed E-state index contributed by atoms with van der Waals surface area (Å²) in [5.74, 6) is 2.42. The summed E-state index contributed by atoms with van der Waals surface area (Å²) in [6, 6.07) is 10.3. The van der Waals surface area contributed by atoms with Gasteiger partial charge in [-0.3, -0.25) is 9.56 Å². The van der Waals surface area contributed by atoms with Gasteiger partial charge in [0.2, 0.25) is 0 Å². The van der Waals surface area contributed by atoms with Crippen LogP contribution in [-0.4, -0.2) is 40.3 Å². The Balaban J connectivity index is 0.00000363. The zero-order chi connectivity index (χ0) is 22.3. The molecule has 0 spiro atoms. The second-order valence-corrected chi connectivity index (χ2v) is 6.70. The lowest BCUT2D eigenvalue weighted by molar-refractivity contribution is -0.153. The van der Waals surface area contributed by atoms with E-state index in [1.54, 1.807) is 31.6 Å². The number of pyridine rings is 1. The van der Waals surface area contributed by atoms with Crippen molar-refractivity contribution in [1.29, 1.82) is 0 Å². The number of nitrogens with zero attached hydrogens (tertiary/aromatic N) is 4. The number of aliphatic imine (C=N–C) groups is 1. The number of ether oxygens (including phenoxy) is 1. The maximum Gasteiger partial charge on any atom is 0.422 e. The number of halogens is 4. The highest BCUT2D eigenvalue weighted by atomic mass is 127. The molecule has 0 fully saturated rings. The Hall–Kier alpha value is -2.83. The molecule has 1 aromatic carbocycles. The third-order valence-electron chi connectivity index (χ3n) is 4.35. The highest BCUT2D eigenvalue weighted by Crippen LogP contribution is 2.18. The SMILES string of the molecule is CN=C(NCc1ccc(OCC(F)(F)F)cc1)NCc1ccc(-n2ccnc2C)nc1.I. The molecule has 7 nitrogen and oxygen atoms in total. The Kier molecular flexibility index (Phi) is 9.29. The fourth-order valence-corrected chi connectivity index (χ4v) is 2.74. The first-order chi connectivity index (χ1) is 14.8. The van der Waals surface area contributed by atoms with Crippen molar-refractivity contribution in [2.24, 2.45) is 4.99 Å². The Morgan fingerprint density at radius 3 is 2.22 bits per heavy atom. The monoisotopic (exact) mass is 560 g/mol. The zero-order valence-electron chi connectivity index (χ0n) is 17.6. The first-order valence-corrected chi connectivity index (χ1v) is 9.52. The molecule has 0 saturated carbocycles. The molecule has 2 N–H and O–H groups in total. The number of imidazole rings is 1. The van der Waals surface area contributed by atoms with Gasteiger partial charge in [-0.2, -0.15) is 13.2 Å². The predicted octanol–water partition coefficient (Wildman–Crippen LogP) is 4.00. The van der Waals surface area contributed by atoms with Crippen LogP contribution in [0.4, 0.5) is 13.2 Å². The fourth-order valence-electron chi connectivity index (χ4n) is 2.74. The largest absolute Gasteiger partial charge is 0.484 e. The van der Waals surface area contributed by atoms with Gasteiger partial charge in [0.1, 0.15) is 17.4 Å². The van der Waals surface area contributed by atoms with E-state index < -0.39 is 12.8 Å². The Morgan fingerprint density at radius 2 is 1.69 bits per heavy atom. The highest BCUT2D eigenvalue weighted by molar-refractivity contribution is 14.0. The number of hydrogen-bond donors (Lipinski definition) is 2. The molecule has 0 radical (unpaired) electrons. The summed E-state index contributed by atoms with van der Waals surface area (Å²) < 4.78 is 43.2. The van der Waals surface area contributed by atoms with Gasteiger partial charge in [0.25, 0.3) is 0 Å². The summed E-state index contributed by atoms with van der Waals surface area (Å²) in [5, 5.41) is 6.36. The topological polar surface area (TPSA) is 76.4 Å². The molecular weight excluding hydrogens is 536 g/mol. The standard InChI is InChI=1S/C21H23F3N6O.HI/c1-15-26-9-10-30(15)19-8-5-17(12-27-19)13-29-20(25-2)28-11-16-3-6-18(7-4-16)31-14-21(22,23)24;/h3-10,12H,11,13-14H2,1-2H3,(H2,25,28,29);1H. The third-order valence-corrected chi connectivity index (χ3v) is 4.35. The molecule has 2 heterocycles. The van der Waals surface area contributed by atoms with E-state index in [9.17, 15) is 13.2 Å². The fraction of sp³-hybridized carbons (Fsp3) is 0.286. The first kappa shape index (κ1) is 25.4. The minimum absolute atomic E-state index is 0. The molecule has 0 bridgehead atoms. The summed E-state index contributed by atoms with van der Waals surface area (Å²) in [6.07, 6.45) is 1.02. The number of aryl methyl sites for hydroxylation is 1. The van der Waals surface area contributed by atoms with Crippen LogP contribution in [0.15, 0.2) is 60.0 Å². The number of guanidine groups is 1. The number of nitrogens with one attached hydrogen (secondary N) is 2. The molecule has 32 heavy (non-hydrogen) atoms. The van der Waals surface area contributed by atoms with Crippen molar-refractivity contribution >= 4 is 29.9 Å². The molecule has 0 amide bonds. The van der Waals surface area contributed by atoms with Crippen LogP contribution in [0.3, 0.4) is 0 Å². The Bertz CT molecular complexity index is 1000. The van der Waals surface area contributed by atoms with E-state index in [1.165, 1.54) is 12.1 Å².